The number of ketones is 1. The van der Waals surface area contributed by atoms with Gasteiger partial charge in [-0.1, -0.05) is 31.4 Å². The summed E-state index contributed by atoms with van der Waals surface area (Å²) >= 11 is 0. The quantitative estimate of drug-likeness (QED) is 0.0647. The maximum absolute atomic E-state index is 14.3. The van der Waals surface area contributed by atoms with Crippen molar-refractivity contribution >= 4 is 17.7 Å². The van der Waals surface area contributed by atoms with Crippen LogP contribution in [0.2, 0.25) is 0 Å². The van der Waals surface area contributed by atoms with Gasteiger partial charge in [0.2, 0.25) is 0 Å². The second-order valence-corrected chi connectivity index (χ2v) is 23.4. The number of nitrogens with two attached hydrogens (primary N) is 2. The largest absolute Gasteiger partial charge is 0.465 e. The second kappa shape index (κ2) is 16.9. The topological polar surface area (TPSA) is 245 Å². The highest BCUT2D eigenvalue weighted by atomic mass is 16.5. The minimum Gasteiger partial charge on any atom is -0.465 e. The van der Waals surface area contributed by atoms with Crippen LogP contribution in [0.25, 0.3) is 0 Å². The molecular formula is C53H74N4O9. The summed E-state index contributed by atoms with van der Waals surface area (Å²) in [6.07, 6.45) is 11.7. The summed E-state index contributed by atoms with van der Waals surface area (Å²) in [6.45, 7) is 6.27. The van der Waals surface area contributed by atoms with Crippen LogP contribution in [0.4, 0.5) is 0 Å². The van der Waals surface area contributed by atoms with Gasteiger partial charge in [-0.3, -0.25) is 14.6 Å². The molecule has 0 unspecified atom stereocenters. The summed E-state index contributed by atoms with van der Waals surface area (Å²) < 4.78 is 5.97. The number of nitrogens with one attached hydrogen (secondary N) is 1. The number of aromatic nitrogens is 1. The first-order valence-electron chi connectivity index (χ1n) is 25.3. The van der Waals surface area contributed by atoms with Gasteiger partial charge in [0.05, 0.1) is 42.0 Å². The average Bonchev–Trinajstić information content (AvgIpc) is 3.99. The number of carbonyl (C=O) groups is 2. The van der Waals surface area contributed by atoms with E-state index in [1.165, 1.54) is 5.57 Å². The van der Waals surface area contributed by atoms with Crippen LogP contribution >= 0.6 is 0 Å². The summed E-state index contributed by atoms with van der Waals surface area (Å²) in [5.41, 5.74) is 9.53. The van der Waals surface area contributed by atoms with Crippen LogP contribution in [0.1, 0.15) is 116 Å². The van der Waals surface area contributed by atoms with Crippen molar-refractivity contribution in [1.82, 2.24) is 4.98 Å². The smallest absolute Gasteiger partial charge is 0.313 e. The average molecular weight is 911 g/mol. The third-order valence-electron chi connectivity index (χ3n) is 20.3. The first-order valence-corrected chi connectivity index (χ1v) is 25.3. The van der Waals surface area contributed by atoms with Gasteiger partial charge in [-0.2, -0.15) is 0 Å². The van der Waals surface area contributed by atoms with E-state index in [0.717, 1.165) is 37.7 Å². The predicted octanol–water partition coefficient (Wildman–Crippen LogP) is 4.11. The number of aliphatic imine (C=N–C) groups is 1. The molecule has 0 spiro atoms. The van der Waals surface area contributed by atoms with Crippen LogP contribution in [-0.4, -0.2) is 103 Å². The number of rotatable bonds is 6. The normalized spacial score (nSPS) is 49.6. The number of fused-ring (bicyclic) bond motifs is 8. The van der Waals surface area contributed by atoms with Crippen LogP contribution < -0.4 is 11.5 Å². The van der Waals surface area contributed by atoms with Crippen molar-refractivity contribution in [2.24, 2.45) is 104 Å². The number of hydrogen-bond acceptors (Lipinski definition) is 10. The lowest BCUT2D eigenvalue weighted by atomic mass is 9.44. The van der Waals surface area contributed by atoms with Crippen LogP contribution in [0, 0.1) is 99.6 Å². The Kier molecular flexibility index (Phi) is 11.8. The number of aliphatic hydroxyl groups excluding tert-OH is 4. The Morgan fingerprint density at radius 3 is 2.53 bits per heavy atom. The molecule has 1 aliphatic heterocycles. The maximum Gasteiger partial charge on any atom is 0.313 e. The van der Waals surface area contributed by atoms with Crippen molar-refractivity contribution in [3.63, 3.8) is 0 Å². The number of H-pyrrole nitrogens is 1. The van der Waals surface area contributed by atoms with Crippen molar-refractivity contribution in [3.8, 4) is 11.8 Å². The Bertz CT molecular complexity index is 2210. The van der Waals surface area contributed by atoms with E-state index < -0.39 is 64.0 Å². The number of hydrogen-bond donors (Lipinski definition) is 9. The molecule has 1 aromatic heterocycles. The second-order valence-electron chi connectivity index (χ2n) is 23.4. The molecule has 66 heavy (non-hydrogen) atoms. The van der Waals surface area contributed by atoms with Gasteiger partial charge in [-0.15, -0.1) is 5.92 Å². The zero-order valence-corrected chi connectivity index (χ0v) is 39.0. The number of guanidine groups is 1. The van der Waals surface area contributed by atoms with E-state index in [1.807, 2.05) is 25.4 Å². The highest BCUT2D eigenvalue weighted by Crippen LogP contribution is 2.72. The summed E-state index contributed by atoms with van der Waals surface area (Å²) in [5.74, 6) is 4.93. The molecule has 2 heterocycles. The molecule has 9 aliphatic rings. The van der Waals surface area contributed by atoms with Gasteiger partial charge in [0.1, 0.15) is 0 Å². The minimum absolute atomic E-state index is 0.00562. The Hall–Kier alpha value is -3.51. The van der Waals surface area contributed by atoms with Crippen molar-refractivity contribution in [1.29, 1.82) is 0 Å². The van der Waals surface area contributed by atoms with Crippen molar-refractivity contribution in [3.05, 3.63) is 47.3 Å². The molecule has 8 aliphatic carbocycles. The molecule has 360 valence electrons. The first kappa shape index (κ1) is 46.2. The van der Waals surface area contributed by atoms with Gasteiger partial charge >= 0.3 is 5.97 Å². The Morgan fingerprint density at radius 1 is 0.985 bits per heavy atom. The minimum atomic E-state index is -1.80. The number of cyclic esters (lactones) is 1. The molecule has 0 aromatic carbocycles. The number of aliphatic hydroxyl groups is 6. The number of nitrogens with zero attached hydrogens (tertiary/aromatic N) is 1. The Morgan fingerprint density at radius 2 is 1.79 bits per heavy atom. The summed E-state index contributed by atoms with van der Waals surface area (Å²) in [5, 5.41) is 73.6. The molecule has 21 atom stereocenters. The van der Waals surface area contributed by atoms with E-state index >= 15 is 0 Å². The molecule has 11 N–H and O–H groups in total. The highest BCUT2D eigenvalue weighted by Gasteiger charge is 2.73. The number of esters is 1. The number of ether oxygens (including phenoxy) is 1. The van der Waals surface area contributed by atoms with E-state index in [9.17, 15) is 40.2 Å². The molecule has 13 nitrogen and oxygen atoms in total. The van der Waals surface area contributed by atoms with Gasteiger partial charge in [0, 0.05) is 61.1 Å². The van der Waals surface area contributed by atoms with Gasteiger partial charge < -0.3 is 51.8 Å². The molecule has 0 radical (unpaired) electrons. The van der Waals surface area contributed by atoms with Gasteiger partial charge in [-0.25, -0.2) is 0 Å². The number of carbonyl (C=O) groups excluding carboxylic acids is 2. The van der Waals surface area contributed by atoms with E-state index in [1.54, 1.807) is 13.0 Å². The SMILES string of the molecule is C[C@H]1CCC2=C[C@H]3CC[C@@H]4[C@@H]([C@H]5COC(=O)[C@@H]5c5cc[nH]c5)C#CC[C@H]5C[C@@]6(O)C7=CC(=O)[C@@H]8C[C@@H](O)[C@@H](O)C[C@]8(C)[C@H]7CC[C@]6(CCN=C(N)N)[C@H]5[C@@](C)(O)[C@H](O)C[C@@H](CO)[C@H]3[C@@H]4[C@@H]2C1. The molecule has 10 rings (SSSR count). The van der Waals surface area contributed by atoms with Gasteiger partial charge in [0.15, 0.2) is 11.7 Å². The molecule has 0 amide bonds. The fraction of sp³-hybridized carbons (Fsp3) is 0.755. The van der Waals surface area contributed by atoms with E-state index in [0.29, 0.717) is 24.3 Å². The lowest BCUT2D eigenvalue weighted by Crippen LogP contribution is -2.64. The standard InChI is InChI=1S/C53H74N4O9/c1-27-7-8-28-18-29-9-10-34-33(36-26-66-48(63)45(36)31-12-15-56-24-31)6-4-5-30-22-53(65)38-20-40(59)39-21-41(60)42(61)23-50(39,2)37(38)11-13-52(53,14-16-57-49(54)55)47(30)51(3,64)43(62)19-32(25-58)44(29)46(34)35(28)17-27/h12,15,18,20,24,27,29-30,32-37,39,41-47,56,58,60-62,64-65H,5,7-11,13-14,16-17,19,21-23,25-26H2,1-3H3,(H4,54,55,57)/t27-,29+,30-,32-,33-,34+,35+,36+,37-,39-,41+,42-,43+,44-,45+,46-,47+,50+,51-,52-,53+/m0/s1. The fourth-order valence-corrected chi connectivity index (χ4v) is 17.6. The third-order valence-corrected chi connectivity index (χ3v) is 20.3. The summed E-state index contributed by atoms with van der Waals surface area (Å²) in [7, 11) is 0. The monoisotopic (exact) mass is 911 g/mol. The molecule has 4 bridgehead atoms. The van der Waals surface area contributed by atoms with Crippen LogP contribution in [0.3, 0.4) is 0 Å². The molecule has 5 saturated carbocycles. The zero-order chi connectivity index (χ0) is 46.7. The van der Waals surface area contributed by atoms with Crippen LogP contribution in [0.5, 0.6) is 0 Å². The molecule has 13 heteroatoms. The van der Waals surface area contributed by atoms with E-state index in [4.69, 9.17) is 16.2 Å². The maximum atomic E-state index is 14.3. The Labute approximate surface area is 389 Å². The summed E-state index contributed by atoms with van der Waals surface area (Å²) in [6, 6.07) is 1.95. The molecular weight excluding hydrogens is 837 g/mol. The Balaban J connectivity index is 1.13. The lowest BCUT2D eigenvalue weighted by Gasteiger charge is -2.61. The third kappa shape index (κ3) is 7.03. The molecule has 1 saturated heterocycles. The van der Waals surface area contributed by atoms with Crippen molar-refractivity contribution in [2.75, 3.05) is 19.8 Å². The van der Waals surface area contributed by atoms with Crippen LogP contribution in [-0.2, 0) is 14.3 Å². The first-order chi connectivity index (χ1) is 31.4. The fourth-order valence-electron chi connectivity index (χ4n) is 17.6. The van der Waals surface area contributed by atoms with E-state index in [-0.39, 0.29) is 129 Å². The highest BCUT2D eigenvalue weighted by molar-refractivity contribution is 5.95. The van der Waals surface area contributed by atoms with Crippen LogP contribution in [0.15, 0.2) is 46.8 Å². The lowest BCUT2D eigenvalue weighted by molar-refractivity contribution is -0.190. The van der Waals surface area contributed by atoms with Crippen molar-refractivity contribution < 1.29 is 45.0 Å². The van der Waals surface area contributed by atoms with Crippen molar-refractivity contribution in [2.45, 2.75) is 140 Å². The summed E-state index contributed by atoms with van der Waals surface area (Å²) in [4.78, 5) is 35.7. The predicted molar refractivity (Wildman–Crippen MR) is 246 cm³/mol. The van der Waals surface area contributed by atoms with Gasteiger partial charge in [0.25, 0.3) is 0 Å². The van der Waals surface area contributed by atoms with Gasteiger partial charge in [-0.05, 0) is 166 Å². The number of aromatic amines is 1. The molecule has 6 fully saturated rings. The zero-order valence-electron chi connectivity index (χ0n) is 39.0. The molecule has 1 aromatic rings. The van der Waals surface area contributed by atoms with E-state index in [2.05, 4.69) is 34.8 Å². The number of allylic oxidation sites excluding steroid dienone is 3.